The number of hydrogen-bond donors (Lipinski definition) is 0. The molecule has 0 N–H and O–H groups in total. The summed E-state index contributed by atoms with van der Waals surface area (Å²) in [4.78, 5) is 39.4. The second kappa shape index (κ2) is 32.4. The van der Waals surface area contributed by atoms with Crippen LogP contribution >= 0.6 is 34.0 Å². The molecule has 0 spiro atoms. The van der Waals surface area contributed by atoms with Crippen LogP contribution < -0.4 is 0 Å². The Hall–Kier alpha value is -16.0. The van der Waals surface area contributed by atoms with E-state index in [0.29, 0.717) is 23.4 Å². The molecule has 0 unspecified atom stereocenters. The fourth-order valence-corrected chi connectivity index (χ4v) is 21.1. The van der Waals surface area contributed by atoms with Gasteiger partial charge in [0.2, 0.25) is 5.95 Å². The summed E-state index contributed by atoms with van der Waals surface area (Å²) >= 11 is 5.55. The lowest BCUT2D eigenvalue weighted by molar-refractivity contribution is 0.953. The van der Waals surface area contributed by atoms with E-state index in [2.05, 4.69) is 353 Å². The van der Waals surface area contributed by atoms with E-state index in [1.54, 1.807) is 0 Å². The zero-order valence-electron chi connectivity index (χ0n) is 67.8. The summed E-state index contributed by atoms with van der Waals surface area (Å²) in [6.07, 6.45) is 0. The highest BCUT2D eigenvalue weighted by Crippen LogP contribution is 2.48. The standard InChI is InChI=1S/C42H27N3S.C36H23N3S.C35H22N4S/c1-4-13-28(14-5-1)32-25-35(29-15-6-2-7-16-29)43-36(26-32)34-20-12-22-40(44-34)45-37-21-11-10-19-33(37)41-38(45)24-23-31-27-39(46-42(31)41)30-17-8-3-9-18-30;1-4-12-24(13-5-1)29-23-33(38-36(37-29)26-16-8-3-9-17-26)39-30-19-11-10-18-28(30)34-31(39)21-20-27-22-32(40-35(27)34)25-14-6-2-7-15-25;1-4-12-23(13-5-1)30-22-26-20-21-29-31(32(26)40-30)27-18-10-11-19-28(27)39(29)35-37-33(24-14-6-2-7-15-24)36-34(38-35)25-16-8-3-9-17-25/h1-27H;1-23H;1-22H. The van der Waals surface area contributed by atoms with Crippen molar-refractivity contribution in [3.8, 4) is 128 Å². The summed E-state index contributed by atoms with van der Waals surface area (Å²) in [5, 5.41) is 11.2. The van der Waals surface area contributed by atoms with Gasteiger partial charge in [0, 0.05) is 94.9 Å². The van der Waals surface area contributed by atoms with Crippen molar-refractivity contribution in [2.75, 3.05) is 0 Å². The van der Waals surface area contributed by atoms with Gasteiger partial charge in [0.05, 0.1) is 55.9 Å². The van der Waals surface area contributed by atoms with Crippen LogP contribution in [0.2, 0.25) is 0 Å². The highest BCUT2D eigenvalue weighted by molar-refractivity contribution is 7.24. The largest absolute Gasteiger partial charge is 0.294 e. The van der Waals surface area contributed by atoms with Crippen LogP contribution in [0, 0.1) is 0 Å². The van der Waals surface area contributed by atoms with E-state index in [1.807, 2.05) is 131 Å². The molecule has 126 heavy (non-hydrogen) atoms. The second-order valence-electron chi connectivity index (χ2n) is 31.0. The van der Waals surface area contributed by atoms with Gasteiger partial charge in [0.15, 0.2) is 17.5 Å². The van der Waals surface area contributed by atoms with E-state index in [1.165, 1.54) is 93.9 Å². The molecular formula is C113H72N10S3. The molecule has 0 atom stereocenters. The van der Waals surface area contributed by atoms with Crippen molar-refractivity contribution < 1.29 is 0 Å². The Bertz CT molecular complexity index is 7880. The number of thiophene rings is 3. The SMILES string of the molecule is c1ccc(-c2cc(-c3ccccc3)nc(-c3cccc(-n4c5ccccc5c5c6sc(-c7ccccc7)cc6ccc54)n3)c2)cc1.c1ccc(-c2cc(-n3c4ccccc4c4c5sc(-c6ccccc6)cc5ccc43)nc(-c3ccccc3)n2)cc1.c1ccc(-c2nc(-c3ccccc3)nc(-n3c4ccccc4c4c5sc(-c6ccccc6)cc5ccc43)n2)cc1. The number of fused-ring (bicyclic) bond motifs is 15. The predicted octanol–water partition coefficient (Wildman–Crippen LogP) is 30.4. The maximum absolute atomic E-state index is 5.29. The third-order valence-electron chi connectivity index (χ3n) is 23.3. The summed E-state index contributed by atoms with van der Waals surface area (Å²) in [6.45, 7) is 0. The van der Waals surface area contributed by atoms with Crippen LogP contribution in [0.25, 0.3) is 224 Å². The van der Waals surface area contributed by atoms with E-state index >= 15 is 0 Å². The van der Waals surface area contributed by atoms with E-state index in [0.717, 1.165) is 106 Å². The Morgan fingerprint density at radius 1 is 0.175 bits per heavy atom. The van der Waals surface area contributed by atoms with Gasteiger partial charge in [-0.15, -0.1) is 34.0 Å². The zero-order chi connectivity index (χ0) is 83.4. The molecule has 0 saturated carbocycles. The molecule has 0 aliphatic carbocycles. The number of hydrogen-bond acceptors (Lipinski definition) is 10. The van der Waals surface area contributed by atoms with Gasteiger partial charge < -0.3 is 0 Å². The van der Waals surface area contributed by atoms with Crippen molar-refractivity contribution >= 4 is 130 Å². The molecule has 10 nitrogen and oxygen atoms in total. The molecule has 13 heteroatoms. The molecule has 25 aromatic rings. The van der Waals surface area contributed by atoms with Gasteiger partial charge in [-0.1, -0.05) is 352 Å². The third kappa shape index (κ3) is 13.9. The Morgan fingerprint density at radius 2 is 0.500 bits per heavy atom. The van der Waals surface area contributed by atoms with Crippen molar-refractivity contribution in [1.82, 2.24) is 48.6 Å². The molecule has 0 amide bonds. The minimum Gasteiger partial charge on any atom is -0.294 e. The summed E-state index contributed by atoms with van der Waals surface area (Å²) in [7, 11) is 0. The number of rotatable bonds is 13. The summed E-state index contributed by atoms with van der Waals surface area (Å²) in [5.41, 5.74) is 21.3. The van der Waals surface area contributed by atoms with Crippen molar-refractivity contribution in [3.05, 3.63) is 437 Å². The van der Waals surface area contributed by atoms with Crippen molar-refractivity contribution in [1.29, 1.82) is 0 Å². The van der Waals surface area contributed by atoms with Crippen molar-refractivity contribution in [2.45, 2.75) is 0 Å². The monoisotopic (exact) mass is 1660 g/mol. The van der Waals surface area contributed by atoms with Crippen LogP contribution in [-0.4, -0.2) is 48.6 Å². The molecule has 0 bridgehead atoms. The number of nitrogens with zero attached hydrogens (tertiary/aromatic N) is 10. The predicted molar refractivity (Wildman–Crippen MR) is 527 cm³/mol. The minimum atomic E-state index is 0.609. The van der Waals surface area contributed by atoms with Crippen LogP contribution in [0.5, 0.6) is 0 Å². The van der Waals surface area contributed by atoms with E-state index < -0.39 is 0 Å². The smallest absolute Gasteiger partial charge is 0.238 e. The first-order valence-corrected chi connectivity index (χ1v) is 44.4. The zero-order valence-corrected chi connectivity index (χ0v) is 70.2. The lowest BCUT2D eigenvalue weighted by atomic mass is 10.0. The first kappa shape index (κ1) is 75.0. The lowest BCUT2D eigenvalue weighted by Gasteiger charge is -2.12. The highest BCUT2D eigenvalue weighted by atomic mass is 32.1. The molecular weight excluding hydrogens is 1590 g/mol. The van der Waals surface area contributed by atoms with Crippen LogP contribution in [-0.2, 0) is 0 Å². The highest BCUT2D eigenvalue weighted by Gasteiger charge is 2.25. The summed E-state index contributed by atoms with van der Waals surface area (Å²) in [5.74, 6) is 4.36. The van der Waals surface area contributed by atoms with Gasteiger partial charge in [0.1, 0.15) is 11.6 Å². The van der Waals surface area contributed by atoms with E-state index in [4.69, 9.17) is 34.9 Å². The normalized spacial score (nSPS) is 11.5. The molecule has 0 aliphatic heterocycles. The van der Waals surface area contributed by atoms with Crippen LogP contribution in [0.15, 0.2) is 437 Å². The fraction of sp³-hybridized carbons (Fsp3) is 0. The molecule has 0 saturated heterocycles. The van der Waals surface area contributed by atoms with Gasteiger partial charge in [-0.2, -0.15) is 9.97 Å². The topological polar surface area (TPSA) is 105 Å². The second-order valence-corrected chi connectivity index (χ2v) is 34.2. The van der Waals surface area contributed by atoms with Gasteiger partial charge in [0.25, 0.3) is 0 Å². The van der Waals surface area contributed by atoms with Crippen LogP contribution in [0.4, 0.5) is 0 Å². The Balaban J connectivity index is 0.000000109. The molecule has 10 heterocycles. The van der Waals surface area contributed by atoms with E-state index in [9.17, 15) is 0 Å². The van der Waals surface area contributed by atoms with Crippen molar-refractivity contribution in [2.24, 2.45) is 0 Å². The fourth-order valence-electron chi connectivity index (χ4n) is 17.4. The molecule has 10 aromatic heterocycles. The van der Waals surface area contributed by atoms with Gasteiger partial charge in [-0.05, 0) is 123 Å². The van der Waals surface area contributed by atoms with Gasteiger partial charge in [-0.25, -0.2) is 24.9 Å². The van der Waals surface area contributed by atoms with Crippen LogP contribution in [0.1, 0.15) is 0 Å². The molecule has 0 fully saturated rings. The van der Waals surface area contributed by atoms with Crippen molar-refractivity contribution in [3.63, 3.8) is 0 Å². The van der Waals surface area contributed by atoms with E-state index in [-0.39, 0.29) is 0 Å². The number of pyridine rings is 2. The Kier molecular flexibility index (Phi) is 19.3. The van der Waals surface area contributed by atoms with Gasteiger partial charge in [-0.3, -0.25) is 13.7 Å². The molecule has 25 rings (SSSR count). The Labute approximate surface area is 737 Å². The summed E-state index contributed by atoms with van der Waals surface area (Å²) < 4.78 is 10.7. The third-order valence-corrected chi connectivity index (χ3v) is 26.9. The lowest BCUT2D eigenvalue weighted by Crippen LogP contribution is -2.06. The van der Waals surface area contributed by atoms with Gasteiger partial charge >= 0.3 is 0 Å². The van der Waals surface area contributed by atoms with Crippen LogP contribution in [0.3, 0.4) is 0 Å². The quantitative estimate of drug-likeness (QED) is 0.113. The maximum Gasteiger partial charge on any atom is 0.238 e. The minimum absolute atomic E-state index is 0.609. The average molecular weight is 1670 g/mol. The first-order chi connectivity index (χ1) is 62.5. The number of para-hydroxylation sites is 3. The number of aromatic nitrogens is 10. The molecule has 592 valence electrons. The molecule has 0 radical (unpaired) electrons. The molecule has 15 aromatic carbocycles. The first-order valence-electron chi connectivity index (χ1n) is 42.0. The summed E-state index contributed by atoms with van der Waals surface area (Å²) in [6, 6.07) is 152. The average Bonchev–Trinajstić information content (AvgIpc) is 1.57. The Morgan fingerprint density at radius 3 is 0.913 bits per heavy atom. The number of benzene rings is 15. The maximum atomic E-state index is 5.29. The molecule has 0 aliphatic rings.